The zero-order valence-electron chi connectivity index (χ0n) is 7.68. The molecule has 74 valence electrons. The van der Waals surface area contributed by atoms with Crippen LogP contribution in [0, 0.1) is 0 Å². The van der Waals surface area contributed by atoms with Crippen LogP contribution in [0.3, 0.4) is 0 Å². The predicted octanol–water partition coefficient (Wildman–Crippen LogP) is 2.06. The predicted molar refractivity (Wildman–Crippen MR) is 53.9 cm³/mol. The minimum atomic E-state index is 0.155. The Hall–Kier alpha value is -2.30. The number of nitrogens with zero attached hydrogens (tertiary/aromatic N) is 2. The van der Waals surface area contributed by atoms with Gasteiger partial charge in [0.05, 0.1) is 6.20 Å². The van der Waals surface area contributed by atoms with Crippen LogP contribution in [0.4, 0.5) is 6.01 Å². The average molecular weight is 201 g/mol. The van der Waals surface area contributed by atoms with Crippen molar-refractivity contribution in [2.45, 2.75) is 0 Å². The smallest absolute Gasteiger partial charge is 0.292 e. The molecule has 0 fully saturated rings. The van der Waals surface area contributed by atoms with E-state index >= 15 is 0 Å². The van der Waals surface area contributed by atoms with Crippen molar-refractivity contribution in [2.24, 2.45) is 0 Å². The third-order valence-corrected chi connectivity index (χ3v) is 2.14. The van der Waals surface area contributed by atoms with Crippen LogP contribution in [-0.4, -0.2) is 9.97 Å². The van der Waals surface area contributed by atoms with Gasteiger partial charge in [0.25, 0.3) is 6.01 Å². The molecular weight excluding hydrogens is 194 g/mol. The second-order valence-corrected chi connectivity index (χ2v) is 3.10. The Morgan fingerprint density at radius 1 is 1.20 bits per heavy atom. The Bertz CT molecular complexity index is 612. The molecule has 3 rings (SSSR count). The van der Waals surface area contributed by atoms with Crippen LogP contribution < -0.4 is 5.73 Å². The number of rotatable bonds is 1. The highest BCUT2D eigenvalue weighted by Gasteiger charge is 2.06. The Morgan fingerprint density at radius 2 is 2.13 bits per heavy atom. The summed E-state index contributed by atoms with van der Waals surface area (Å²) in [5.74, 6) is 0.616. The van der Waals surface area contributed by atoms with Crippen molar-refractivity contribution in [2.75, 3.05) is 5.73 Å². The van der Waals surface area contributed by atoms with Crippen LogP contribution in [0.2, 0.25) is 0 Å². The van der Waals surface area contributed by atoms with Gasteiger partial charge in [-0.1, -0.05) is 0 Å². The number of benzene rings is 1. The van der Waals surface area contributed by atoms with Gasteiger partial charge >= 0.3 is 0 Å². The largest absolute Gasteiger partial charge is 0.443 e. The number of hydrogen-bond donors (Lipinski definition) is 1. The van der Waals surface area contributed by atoms with Crippen molar-refractivity contribution in [1.82, 2.24) is 9.97 Å². The van der Waals surface area contributed by atoms with Crippen molar-refractivity contribution in [3.8, 4) is 11.3 Å². The van der Waals surface area contributed by atoms with Gasteiger partial charge in [0, 0.05) is 5.56 Å². The molecule has 0 aliphatic rings. The molecule has 0 unspecified atom stereocenters. The highest BCUT2D eigenvalue weighted by Crippen LogP contribution is 2.24. The van der Waals surface area contributed by atoms with Crippen LogP contribution in [0.25, 0.3) is 22.4 Å². The molecule has 2 heterocycles. The molecule has 15 heavy (non-hydrogen) atoms. The van der Waals surface area contributed by atoms with E-state index in [1.165, 1.54) is 6.39 Å². The molecule has 0 radical (unpaired) electrons. The molecule has 0 amide bonds. The lowest BCUT2D eigenvalue weighted by molar-refractivity contribution is 0.592. The van der Waals surface area contributed by atoms with Gasteiger partial charge in [0.2, 0.25) is 0 Å². The van der Waals surface area contributed by atoms with Crippen molar-refractivity contribution in [1.29, 1.82) is 0 Å². The first-order valence-electron chi connectivity index (χ1n) is 4.38. The molecule has 5 heteroatoms. The van der Waals surface area contributed by atoms with Crippen molar-refractivity contribution in [3.63, 3.8) is 0 Å². The zero-order chi connectivity index (χ0) is 10.3. The molecule has 2 N–H and O–H groups in total. The average Bonchev–Trinajstić information content (AvgIpc) is 2.84. The van der Waals surface area contributed by atoms with Gasteiger partial charge in [-0.15, -0.1) is 0 Å². The minimum Gasteiger partial charge on any atom is -0.443 e. The number of nitrogens with two attached hydrogens (primary N) is 1. The minimum absolute atomic E-state index is 0.155. The van der Waals surface area contributed by atoms with Gasteiger partial charge in [0.1, 0.15) is 5.52 Å². The molecule has 1 aromatic carbocycles. The zero-order valence-corrected chi connectivity index (χ0v) is 7.68. The Labute approximate surface area is 84.5 Å². The number of fused-ring (bicyclic) bond motifs is 1. The molecule has 2 aromatic heterocycles. The monoisotopic (exact) mass is 201 g/mol. The van der Waals surface area contributed by atoms with Gasteiger partial charge in [-0.25, -0.2) is 9.97 Å². The number of anilines is 1. The molecule has 0 spiro atoms. The van der Waals surface area contributed by atoms with Crippen molar-refractivity contribution >= 4 is 17.1 Å². The Morgan fingerprint density at radius 3 is 2.93 bits per heavy atom. The number of oxazole rings is 2. The fourth-order valence-corrected chi connectivity index (χ4v) is 1.43. The van der Waals surface area contributed by atoms with Crippen LogP contribution in [0.15, 0.2) is 39.6 Å². The van der Waals surface area contributed by atoms with Gasteiger partial charge < -0.3 is 14.6 Å². The van der Waals surface area contributed by atoms with E-state index in [9.17, 15) is 0 Å². The maximum Gasteiger partial charge on any atom is 0.292 e. The lowest BCUT2D eigenvalue weighted by Gasteiger charge is -1.94. The maximum absolute atomic E-state index is 5.40. The van der Waals surface area contributed by atoms with Crippen LogP contribution >= 0.6 is 0 Å². The fraction of sp³-hybridized carbons (Fsp3) is 0. The summed E-state index contributed by atoms with van der Waals surface area (Å²) >= 11 is 0. The quantitative estimate of drug-likeness (QED) is 0.651. The molecule has 0 bridgehead atoms. The standard InChI is InChI=1S/C10H7N3O2/c11-10-12-4-9(15-10)6-1-2-7-8(3-6)14-5-13-7/h1-5H,(H2,11,12). The molecule has 0 atom stereocenters. The third-order valence-electron chi connectivity index (χ3n) is 2.14. The van der Waals surface area contributed by atoms with E-state index < -0.39 is 0 Å². The van der Waals surface area contributed by atoms with Gasteiger partial charge in [-0.05, 0) is 18.2 Å². The molecule has 0 saturated carbocycles. The lowest BCUT2D eigenvalue weighted by atomic mass is 10.2. The molecular formula is C10H7N3O2. The molecule has 0 saturated heterocycles. The summed E-state index contributed by atoms with van der Waals surface area (Å²) < 4.78 is 10.4. The van der Waals surface area contributed by atoms with E-state index in [1.807, 2.05) is 18.2 Å². The van der Waals surface area contributed by atoms with E-state index in [0.29, 0.717) is 11.3 Å². The summed E-state index contributed by atoms with van der Waals surface area (Å²) in [7, 11) is 0. The van der Waals surface area contributed by atoms with Gasteiger partial charge in [-0.3, -0.25) is 0 Å². The second kappa shape index (κ2) is 2.84. The van der Waals surface area contributed by atoms with Crippen molar-refractivity contribution in [3.05, 3.63) is 30.8 Å². The molecule has 3 aromatic rings. The maximum atomic E-state index is 5.40. The summed E-state index contributed by atoms with van der Waals surface area (Å²) in [4.78, 5) is 7.85. The second-order valence-electron chi connectivity index (χ2n) is 3.10. The van der Waals surface area contributed by atoms with E-state index in [0.717, 1.165) is 11.1 Å². The summed E-state index contributed by atoms with van der Waals surface area (Å²) in [6, 6.07) is 5.72. The van der Waals surface area contributed by atoms with E-state index in [-0.39, 0.29) is 6.01 Å². The highest BCUT2D eigenvalue weighted by atomic mass is 16.4. The van der Waals surface area contributed by atoms with Gasteiger partial charge in [0.15, 0.2) is 17.7 Å². The Balaban J connectivity index is 2.18. The lowest BCUT2D eigenvalue weighted by Crippen LogP contribution is -1.80. The third kappa shape index (κ3) is 1.25. The normalized spacial score (nSPS) is 10.9. The van der Waals surface area contributed by atoms with E-state index in [2.05, 4.69) is 9.97 Å². The highest BCUT2D eigenvalue weighted by molar-refractivity contribution is 5.78. The summed E-state index contributed by atoms with van der Waals surface area (Å²) in [6.45, 7) is 0. The number of nitrogen functional groups attached to an aromatic ring is 1. The van der Waals surface area contributed by atoms with Gasteiger partial charge in [-0.2, -0.15) is 0 Å². The summed E-state index contributed by atoms with van der Waals surface area (Å²) in [6.07, 6.45) is 2.98. The Kier molecular flexibility index (Phi) is 1.53. The fourth-order valence-electron chi connectivity index (χ4n) is 1.43. The number of aromatic nitrogens is 2. The van der Waals surface area contributed by atoms with E-state index in [4.69, 9.17) is 14.6 Å². The topological polar surface area (TPSA) is 78.1 Å². The molecule has 5 nitrogen and oxygen atoms in total. The van der Waals surface area contributed by atoms with Crippen LogP contribution in [-0.2, 0) is 0 Å². The van der Waals surface area contributed by atoms with Crippen molar-refractivity contribution < 1.29 is 8.83 Å². The SMILES string of the molecule is Nc1ncc(-c2ccc3ncoc3c2)o1. The van der Waals surface area contributed by atoms with E-state index in [1.54, 1.807) is 6.20 Å². The summed E-state index contributed by atoms with van der Waals surface area (Å²) in [5, 5.41) is 0. The van der Waals surface area contributed by atoms with Crippen LogP contribution in [0.1, 0.15) is 0 Å². The van der Waals surface area contributed by atoms with Crippen LogP contribution in [0.5, 0.6) is 0 Å². The first-order chi connectivity index (χ1) is 7.33. The number of hydrogen-bond acceptors (Lipinski definition) is 5. The molecule has 0 aliphatic carbocycles. The molecule has 0 aliphatic heterocycles. The first-order valence-corrected chi connectivity index (χ1v) is 4.38. The first kappa shape index (κ1) is 8.05. The summed E-state index contributed by atoms with van der Waals surface area (Å²) in [5.41, 5.74) is 7.78.